The minimum Gasteiger partial charge on any atom is -0.478 e. The van der Waals surface area contributed by atoms with Crippen LogP contribution in [0.4, 0.5) is 0 Å². The number of aliphatic hydroxyl groups is 1. The number of nitrogens with zero attached hydrogens (tertiary/aromatic N) is 1. The minimum absolute atomic E-state index is 0.0205. The number of carbonyl (C=O) groups is 1. The Morgan fingerprint density at radius 2 is 2.00 bits per heavy atom. The molecule has 0 aliphatic carbocycles. The van der Waals surface area contributed by atoms with E-state index in [1.165, 1.54) is 18.2 Å². The third-order valence-corrected chi connectivity index (χ3v) is 4.54. The summed E-state index contributed by atoms with van der Waals surface area (Å²) in [5.74, 6) is -1.18. The van der Waals surface area contributed by atoms with Crippen LogP contribution in [0.25, 0.3) is 0 Å². The van der Waals surface area contributed by atoms with Gasteiger partial charge in [-0.1, -0.05) is 6.07 Å². The highest BCUT2D eigenvalue weighted by Crippen LogP contribution is 2.27. The molecule has 1 saturated heterocycles. The highest BCUT2D eigenvalue weighted by molar-refractivity contribution is 7.89. The molecule has 98 valence electrons. The van der Waals surface area contributed by atoms with Crippen molar-refractivity contribution < 1.29 is 23.4 Å². The summed E-state index contributed by atoms with van der Waals surface area (Å²) in [5, 5.41) is 18.4. The summed E-state index contributed by atoms with van der Waals surface area (Å²) in [6, 6.07) is 5.17. The largest absolute Gasteiger partial charge is 0.478 e. The molecule has 1 aromatic carbocycles. The average Bonchev–Trinajstić information content (AvgIpc) is 2.26. The summed E-state index contributed by atoms with van der Waals surface area (Å²) < 4.78 is 25.3. The van der Waals surface area contributed by atoms with Gasteiger partial charge in [-0.25, -0.2) is 13.2 Å². The zero-order valence-electron chi connectivity index (χ0n) is 9.70. The number of rotatable bonds is 3. The molecular formula is C11H13NO5S. The number of hydrogen-bond donors (Lipinski definition) is 2. The first kappa shape index (κ1) is 13.0. The molecule has 2 N–H and O–H groups in total. The van der Waals surface area contributed by atoms with Gasteiger partial charge in [0.2, 0.25) is 10.0 Å². The lowest BCUT2D eigenvalue weighted by Gasteiger charge is -2.42. The van der Waals surface area contributed by atoms with Crippen LogP contribution in [0.2, 0.25) is 0 Å². The van der Waals surface area contributed by atoms with Crippen molar-refractivity contribution in [1.82, 2.24) is 4.31 Å². The lowest BCUT2D eigenvalue weighted by atomic mass is 10.0. The Morgan fingerprint density at radius 1 is 1.39 bits per heavy atom. The van der Waals surface area contributed by atoms with E-state index < -0.39 is 21.6 Å². The fourth-order valence-corrected chi connectivity index (χ4v) is 3.54. The Kier molecular flexibility index (Phi) is 2.92. The van der Waals surface area contributed by atoms with Crippen molar-refractivity contribution in [2.45, 2.75) is 17.4 Å². The normalized spacial score (nSPS) is 19.2. The van der Waals surface area contributed by atoms with Crippen LogP contribution >= 0.6 is 0 Å². The maximum Gasteiger partial charge on any atom is 0.335 e. The Morgan fingerprint density at radius 3 is 2.50 bits per heavy atom. The van der Waals surface area contributed by atoms with Gasteiger partial charge >= 0.3 is 5.97 Å². The smallest absolute Gasteiger partial charge is 0.335 e. The van der Waals surface area contributed by atoms with E-state index in [0.29, 0.717) is 0 Å². The topological polar surface area (TPSA) is 94.9 Å². The SMILES string of the molecule is CC1(O)CN(S(=O)(=O)c2cccc(C(=O)O)c2)C1. The first-order valence-corrected chi connectivity index (χ1v) is 6.72. The van der Waals surface area contributed by atoms with E-state index in [-0.39, 0.29) is 23.5 Å². The van der Waals surface area contributed by atoms with Crippen LogP contribution in [-0.4, -0.2) is 47.6 Å². The quantitative estimate of drug-likeness (QED) is 0.815. The van der Waals surface area contributed by atoms with Gasteiger partial charge in [-0.15, -0.1) is 0 Å². The summed E-state index contributed by atoms with van der Waals surface area (Å²) in [7, 11) is -3.72. The van der Waals surface area contributed by atoms with E-state index >= 15 is 0 Å². The van der Waals surface area contributed by atoms with Crippen molar-refractivity contribution in [3.63, 3.8) is 0 Å². The Bertz CT molecular complexity index is 585. The van der Waals surface area contributed by atoms with Crippen LogP contribution in [0.3, 0.4) is 0 Å². The number of carboxylic acids is 1. The molecule has 0 unspecified atom stereocenters. The van der Waals surface area contributed by atoms with E-state index in [1.807, 2.05) is 0 Å². The zero-order chi connectivity index (χ0) is 13.6. The van der Waals surface area contributed by atoms with Crippen LogP contribution in [0.5, 0.6) is 0 Å². The van der Waals surface area contributed by atoms with Crippen molar-refractivity contribution in [3.05, 3.63) is 29.8 Å². The molecule has 1 aliphatic heterocycles. The van der Waals surface area contributed by atoms with Crippen LogP contribution in [0.1, 0.15) is 17.3 Å². The summed E-state index contributed by atoms with van der Waals surface area (Å²) in [6.07, 6.45) is 0. The lowest BCUT2D eigenvalue weighted by Crippen LogP contribution is -2.61. The van der Waals surface area contributed by atoms with Gasteiger partial charge in [0.1, 0.15) is 0 Å². The molecule has 0 amide bonds. The number of hydrogen-bond acceptors (Lipinski definition) is 4. The van der Waals surface area contributed by atoms with E-state index in [0.717, 1.165) is 10.4 Å². The standard InChI is InChI=1S/C11H13NO5S/c1-11(15)6-12(7-11)18(16,17)9-4-2-3-8(5-9)10(13)14/h2-5,15H,6-7H2,1H3,(H,13,14). The van der Waals surface area contributed by atoms with Gasteiger partial charge < -0.3 is 10.2 Å². The molecule has 1 fully saturated rings. The second-order valence-corrected chi connectivity index (χ2v) is 6.54. The molecule has 1 aliphatic rings. The molecular weight excluding hydrogens is 258 g/mol. The number of carboxylic acid groups (broad SMARTS) is 1. The summed E-state index contributed by atoms with van der Waals surface area (Å²) in [4.78, 5) is 10.7. The van der Waals surface area contributed by atoms with Crippen molar-refractivity contribution in [1.29, 1.82) is 0 Å². The van der Waals surface area contributed by atoms with Crippen LogP contribution < -0.4 is 0 Å². The maximum atomic E-state index is 12.1. The fourth-order valence-electron chi connectivity index (χ4n) is 1.82. The van der Waals surface area contributed by atoms with Crippen LogP contribution in [0.15, 0.2) is 29.2 Å². The number of sulfonamides is 1. The molecule has 0 aromatic heterocycles. The predicted molar refractivity (Wildman–Crippen MR) is 62.8 cm³/mol. The second kappa shape index (κ2) is 4.04. The third-order valence-electron chi connectivity index (χ3n) is 2.75. The second-order valence-electron chi connectivity index (χ2n) is 4.60. The molecule has 1 heterocycles. The van der Waals surface area contributed by atoms with E-state index in [1.54, 1.807) is 6.92 Å². The Hall–Kier alpha value is -1.44. The van der Waals surface area contributed by atoms with Crippen molar-refractivity contribution >= 4 is 16.0 Å². The molecule has 2 rings (SSSR count). The summed E-state index contributed by atoms with van der Waals surface area (Å²) in [6.45, 7) is 1.59. The van der Waals surface area contributed by atoms with E-state index in [2.05, 4.69) is 0 Å². The molecule has 0 saturated carbocycles. The van der Waals surface area contributed by atoms with Gasteiger partial charge in [-0.2, -0.15) is 4.31 Å². The highest BCUT2D eigenvalue weighted by Gasteiger charge is 2.43. The first-order chi connectivity index (χ1) is 8.22. The van der Waals surface area contributed by atoms with Gasteiger partial charge in [0.15, 0.2) is 0 Å². The monoisotopic (exact) mass is 271 g/mol. The van der Waals surface area contributed by atoms with Gasteiger partial charge in [0.05, 0.1) is 16.1 Å². The van der Waals surface area contributed by atoms with Crippen LogP contribution in [-0.2, 0) is 10.0 Å². The van der Waals surface area contributed by atoms with Crippen molar-refractivity contribution in [2.75, 3.05) is 13.1 Å². The molecule has 0 bridgehead atoms. The number of β-amino-alcohol motifs (C(OH)–C–C–N with tert-alkyl or cyclic N) is 1. The average molecular weight is 271 g/mol. The van der Waals surface area contributed by atoms with Gasteiger partial charge in [-0.3, -0.25) is 0 Å². The van der Waals surface area contributed by atoms with E-state index in [9.17, 15) is 18.3 Å². The van der Waals surface area contributed by atoms with Gasteiger partial charge in [-0.05, 0) is 25.1 Å². The Balaban J connectivity index is 2.31. The lowest BCUT2D eigenvalue weighted by molar-refractivity contribution is -0.0426. The molecule has 18 heavy (non-hydrogen) atoms. The first-order valence-electron chi connectivity index (χ1n) is 5.28. The summed E-state index contributed by atoms with van der Waals surface area (Å²) in [5.41, 5.74) is -1.08. The molecule has 0 radical (unpaired) electrons. The maximum absolute atomic E-state index is 12.1. The van der Waals surface area contributed by atoms with Crippen molar-refractivity contribution in [2.24, 2.45) is 0 Å². The van der Waals surface area contributed by atoms with Gasteiger partial charge in [0, 0.05) is 13.1 Å². The highest BCUT2D eigenvalue weighted by atomic mass is 32.2. The third kappa shape index (κ3) is 2.24. The summed E-state index contributed by atoms with van der Waals surface area (Å²) >= 11 is 0. The van der Waals surface area contributed by atoms with Gasteiger partial charge in [0.25, 0.3) is 0 Å². The van der Waals surface area contributed by atoms with Crippen LogP contribution in [0, 0.1) is 0 Å². The molecule has 0 spiro atoms. The predicted octanol–water partition coefficient (Wildman–Crippen LogP) is 0.140. The zero-order valence-corrected chi connectivity index (χ0v) is 10.5. The molecule has 0 atom stereocenters. The number of aromatic carboxylic acids is 1. The molecule has 1 aromatic rings. The molecule has 6 nitrogen and oxygen atoms in total. The fraction of sp³-hybridized carbons (Fsp3) is 0.364. The van der Waals surface area contributed by atoms with E-state index in [4.69, 9.17) is 5.11 Å². The minimum atomic E-state index is -3.72. The van der Waals surface area contributed by atoms with Crippen molar-refractivity contribution in [3.8, 4) is 0 Å². The number of benzene rings is 1. The molecule has 7 heteroatoms. The Labute approximate surface area is 105 Å².